The van der Waals surface area contributed by atoms with Gasteiger partial charge in [0.2, 0.25) is 0 Å². The third-order valence-electron chi connectivity index (χ3n) is 3.06. The van der Waals surface area contributed by atoms with Crippen molar-refractivity contribution in [1.82, 2.24) is 5.32 Å². The molecular formula is C14H19NO4. The van der Waals surface area contributed by atoms with Crippen LogP contribution in [0.1, 0.15) is 30.1 Å². The van der Waals surface area contributed by atoms with Gasteiger partial charge in [-0.3, -0.25) is 4.79 Å². The summed E-state index contributed by atoms with van der Waals surface area (Å²) in [5.41, 5.74) is 0.510. The number of hydrogen-bond donors (Lipinski definition) is 2. The molecule has 0 bridgehead atoms. The van der Waals surface area contributed by atoms with Gasteiger partial charge >= 0.3 is 0 Å². The summed E-state index contributed by atoms with van der Waals surface area (Å²) in [7, 11) is 0. The van der Waals surface area contributed by atoms with E-state index in [4.69, 9.17) is 14.6 Å². The largest absolute Gasteiger partial charge is 0.490 e. The zero-order chi connectivity index (χ0) is 13.7. The summed E-state index contributed by atoms with van der Waals surface area (Å²) in [5.74, 6) is 1.06. The molecule has 1 aliphatic rings. The Morgan fingerprint density at radius 2 is 2.11 bits per heavy atom. The predicted molar refractivity (Wildman–Crippen MR) is 70.7 cm³/mol. The maximum absolute atomic E-state index is 12.0. The van der Waals surface area contributed by atoms with Crippen LogP contribution in [-0.2, 0) is 0 Å². The Hall–Kier alpha value is -1.75. The Labute approximate surface area is 112 Å². The average molecular weight is 265 g/mol. The highest BCUT2D eigenvalue weighted by Crippen LogP contribution is 2.30. The molecule has 0 saturated heterocycles. The summed E-state index contributed by atoms with van der Waals surface area (Å²) in [6, 6.07) is 4.91. The van der Waals surface area contributed by atoms with E-state index in [0.717, 1.165) is 6.42 Å². The van der Waals surface area contributed by atoms with E-state index >= 15 is 0 Å². The van der Waals surface area contributed by atoms with Crippen molar-refractivity contribution in [1.29, 1.82) is 0 Å². The fraction of sp³-hybridized carbons (Fsp3) is 0.500. The van der Waals surface area contributed by atoms with Crippen LogP contribution in [0.4, 0.5) is 0 Å². The first-order chi connectivity index (χ1) is 9.24. The van der Waals surface area contributed by atoms with Gasteiger partial charge in [-0.15, -0.1) is 0 Å². The van der Waals surface area contributed by atoms with Crippen molar-refractivity contribution < 1.29 is 19.4 Å². The number of aliphatic hydroxyl groups excluding tert-OH is 1. The monoisotopic (exact) mass is 265 g/mol. The first-order valence-electron chi connectivity index (χ1n) is 6.56. The third-order valence-corrected chi connectivity index (χ3v) is 3.06. The summed E-state index contributed by atoms with van der Waals surface area (Å²) >= 11 is 0. The zero-order valence-corrected chi connectivity index (χ0v) is 11.0. The normalized spacial score (nSPS) is 15.5. The number of aliphatic hydroxyl groups is 1. The molecule has 1 atom stereocenters. The van der Waals surface area contributed by atoms with Crippen LogP contribution in [0.2, 0.25) is 0 Å². The second-order valence-corrected chi connectivity index (χ2v) is 4.47. The van der Waals surface area contributed by atoms with Gasteiger partial charge in [-0.2, -0.15) is 0 Å². The standard InChI is InChI=1S/C14H19NO4/c1-2-11(9-16)15-14(17)10-4-5-12-13(8-10)19-7-3-6-18-12/h4-5,8,11,16H,2-3,6-7,9H2,1H3,(H,15,17). The SMILES string of the molecule is CCC(CO)NC(=O)c1ccc2c(c1)OCCCO2. The topological polar surface area (TPSA) is 67.8 Å². The molecule has 0 spiro atoms. The minimum absolute atomic E-state index is 0.0627. The van der Waals surface area contributed by atoms with E-state index in [1.165, 1.54) is 0 Å². The van der Waals surface area contributed by atoms with E-state index in [2.05, 4.69) is 5.32 Å². The molecule has 2 rings (SSSR count). The molecule has 5 nitrogen and oxygen atoms in total. The predicted octanol–water partition coefficient (Wildman–Crippen LogP) is 1.35. The first kappa shape index (κ1) is 13.7. The quantitative estimate of drug-likeness (QED) is 0.862. The Morgan fingerprint density at radius 1 is 1.37 bits per heavy atom. The second kappa shape index (κ2) is 6.43. The highest BCUT2D eigenvalue weighted by molar-refractivity contribution is 5.95. The van der Waals surface area contributed by atoms with E-state index in [0.29, 0.717) is 36.7 Å². The number of hydrogen-bond acceptors (Lipinski definition) is 4. The van der Waals surface area contributed by atoms with Crippen molar-refractivity contribution in [2.45, 2.75) is 25.8 Å². The number of carbonyl (C=O) groups is 1. The molecule has 1 unspecified atom stereocenters. The lowest BCUT2D eigenvalue weighted by molar-refractivity contribution is 0.0914. The third kappa shape index (κ3) is 3.38. The molecule has 1 aromatic carbocycles. The van der Waals surface area contributed by atoms with Gasteiger partial charge in [0.15, 0.2) is 11.5 Å². The van der Waals surface area contributed by atoms with Gasteiger partial charge < -0.3 is 19.9 Å². The molecule has 1 amide bonds. The van der Waals surface area contributed by atoms with Crippen LogP contribution in [0, 0.1) is 0 Å². The van der Waals surface area contributed by atoms with E-state index in [1.807, 2.05) is 6.92 Å². The van der Waals surface area contributed by atoms with Crippen LogP contribution in [0.25, 0.3) is 0 Å². The zero-order valence-electron chi connectivity index (χ0n) is 11.0. The lowest BCUT2D eigenvalue weighted by Gasteiger charge is -2.15. The number of rotatable bonds is 4. The summed E-state index contributed by atoms with van der Waals surface area (Å²) in [6.45, 7) is 3.06. The van der Waals surface area contributed by atoms with Crippen LogP contribution in [0.5, 0.6) is 11.5 Å². The maximum atomic E-state index is 12.0. The van der Waals surface area contributed by atoms with Crippen molar-refractivity contribution in [3.63, 3.8) is 0 Å². The van der Waals surface area contributed by atoms with Crippen LogP contribution in [0.3, 0.4) is 0 Å². The van der Waals surface area contributed by atoms with Crippen LogP contribution < -0.4 is 14.8 Å². The fourth-order valence-electron chi connectivity index (χ4n) is 1.85. The maximum Gasteiger partial charge on any atom is 0.251 e. The second-order valence-electron chi connectivity index (χ2n) is 4.47. The Bertz CT molecular complexity index is 443. The van der Waals surface area contributed by atoms with Gasteiger partial charge in [0.25, 0.3) is 5.91 Å². The Balaban J connectivity index is 2.12. The first-order valence-corrected chi connectivity index (χ1v) is 6.56. The van der Waals surface area contributed by atoms with Crippen molar-refractivity contribution >= 4 is 5.91 Å². The Morgan fingerprint density at radius 3 is 2.79 bits per heavy atom. The van der Waals surface area contributed by atoms with Crippen molar-refractivity contribution in [2.75, 3.05) is 19.8 Å². The number of nitrogens with one attached hydrogen (secondary N) is 1. The molecule has 0 aromatic heterocycles. The average Bonchev–Trinajstić information content (AvgIpc) is 2.68. The van der Waals surface area contributed by atoms with E-state index in [9.17, 15) is 4.79 Å². The van der Waals surface area contributed by atoms with Crippen molar-refractivity contribution in [2.24, 2.45) is 0 Å². The summed E-state index contributed by atoms with van der Waals surface area (Å²) in [5, 5.41) is 11.9. The lowest BCUT2D eigenvalue weighted by atomic mass is 10.1. The molecule has 1 heterocycles. The molecular weight excluding hydrogens is 246 g/mol. The molecule has 0 radical (unpaired) electrons. The molecule has 5 heteroatoms. The minimum atomic E-state index is -0.219. The Kier molecular flexibility index (Phi) is 4.63. The van der Waals surface area contributed by atoms with E-state index in [-0.39, 0.29) is 18.6 Å². The van der Waals surface area contributed by atoms with Crippen LogP contribution in [-0.4, -0.2) is 36.9 Å². The molecule has 1 aromatic rings. The van der Waals surface area contributed by atoms with Gasteiger partial charge in [-0.1, -0.05) is 6.92 Å². The van der Waals surface area contributed by atoms with Gasteiger partial charge in [0.05, 0.1) is 25.9 Å². The van der Waals surface area contributed by atoms with Crippen molar-refractivity contribution in [3.8, 4) is 11.5 Å². The summed E-state index contributed by atoms with van der Waals surface area (Å²) in [4.78, 5) is 12.0. The highest BCUT2D eigenvalue weighted by atomic mass is 16.5. The molecule has 104 valence electrons. The molecule has 1 aliphatic heterocycles. The lowest BCUT2D eigenvalue weighted by Crippen LogP contribution is -2.36. The number of fused-ring (bicyclic) bond motifs is 1. The molecule has 0 aliphatic carbocycles. The number of benzene rings is 1. The molecule has 0 saturated carbocycles. The summed E-state index contributed by atoms with van der Waals surface area (Å²) in [6.07, 6.45) is 1.52. The number of carbonyl (C=O) groups excluding carboxylic acids is 1. The highest BCUT2D eigenvalue weighted by Gasteiger charge is 2.15. The van der Waals surface area contributed by atoms with Gasteiger partial charge in [0, 0.05) is 12.0 Å². The van der Waals surface area contributed by atoms with E-state index < -0.39 is 0 Å². The summed E-state index contributed by atoms with van der Waals surface area (Å²) < 4.78 is 11.1. The smallest absolute Gasteiger partial charge is 0.251 e. The van der Waals surface area contributed by atoms with Gasteiger partial charge in [-0.05, 0) is 24.6 Å². The fourth-order valence-corrected chi connectivity index (χ4v) is 1.85. The number of amides is 1. The van der Waals surface area contributed by atoms with Gasteiger partial charge in [-0.25, -0.2) is 0 Å². The van der Waals surface area contributed by atoms with Crippen molar-refractivity contribution in [3.05, 3.63) is 23.8 Å². The molecule has 0 fully saturated rings. The van der Waals surface area contributed by atoms with Crippen LogP contribution >= 0.6 is 0 Å². The molecule has 2 N–H and O–H groups in total. The van der Waals surface area contributed by atoms with Crippen LogP contribution in [0.15, 0.2) is 18.2 Å². The van der Waals surface area contributed by atoms with Gasteiger partial charge in [0.1, 0.15) is 0 Å². The minimum Gasteiger partial charge on any atom is -0.490 e. The molecule has 19 heavy (non-hydrogen) atoms. The van der Waals surface area contributed by atoms with E-state index in [1.54, 1.807) is 18.2 Å². The number of ether oxygens (including phenoxy) is 2.